The molecule has 0 amide bonds. The van der Waals surface area contributed by atoms with Crippen molar-refractivity contribution in [2.45, 2.75) is 45.4 Å². The summed E-state index contributed by atoms with van der Waals surface area (Å²) in [4.78, 5) is 28.4. The van der Waals surface area contributed by atoms with Gasteiger partial charge >= 0.3 is 5.97 Å². The minimum Gasteiger partial charge on any atom is -0.493 e. The molecule has 1 aromatic heterocycles. The van der Waals surface area contributed by atoms with E-state index in [1.165, 1.54) is 10.4 Å². The van der Waals surface area contributed by atoms with E-state index in [9.17, 15) is 9.59 Å². The number of benzene rings is 2. The molecule has 6 heteroatoms. The average molecular weight is 436 g/mol. The number of carboxylic acid groups (broad SMARTS) is 1. The Morgan fingerprint density at radius 1 is 1.19 bits per heavy atom. The van der Waals surface area contributed by atoms with E-state index in [0.29, 0.717) is 18.6 Å². The monoisotopic (exact) mass is 435 g/mol. The Bertz CT molecular complexity index is 1120. The number of aromatic nitrogens is 1. The maximum Gasteiger partial charge on any atom is 0.303 e. The number of thiazole rings is 1. The lowest BCUT2D eigenvalue weighted by Gasteiger charge is -2.10. The van der Waals surface area contributed by atoms with Crippen molar-refractivity contribution >= 4 is 23.1 Å². The molecule has 0 spiro atoms. The first kappa shape index (κ1) is 21.2. The Kier molecular flexibility index (Phi) is 6.18. The van der Waals surface area contributed by atoms with Gasteiger partial charge in [-0.25, -0.2) is 4.98 Å². The van der Waals surface area contributed by atoms with Crippen LogP contribution in [-0.2, 0) is 17.6 Å². The summed E-state index contributed by atoms with van der Waals surface area (Å²) < 4.78 is 5.97. The lowest BCUT2D eigenvalue weighted by molar-refractivity contribution is -0.137. The van der Waals surface area contributed by atoms with Crippen LogP contribution in [-0.4, -0.2) is 28.4 Å². The van der Waals surface area contributed by atoms with E-state index < -0.39 is 5.97 Å². The van der Waals surface area contributed by atoms with Crippen molar-refractivity contribution in [2.75, 3.05) is 6.61 Å². The molecule has 0 saturated heterocycles. The molecular weight excluding hydrogens is 410 g/mol. The molecule has 1 atom stereocenters. The molecule has 0 aliphatic heterocycles. The fourth-order valence-electron chi connectivity index (χ4n) is 4.09. The molecule has 3 aromatic rings. The van der Waals surface area contributed by atoms with Gasteiger partial charge in [0.25, 0.3) is 0 Å². The molecule has 1 aliphatic carbocycles. The topological polar surface area (TPSA) is 76.5 Å². The van der Waals surface area contributed by atoms with Crippen LogP contribution >= 0.6 is 11.3 Å². The Balaban J connectivity index is 1.37. The van der Waals surface area contributed by atoms with Gasteiger partial charge in [0, 0.05) is 22.4 Å². The maximum atomic E-state index is 11.5. The van der Waals surface area contributed by atoms with Crippen LogP contribution in [0.25, 0.3) is 10.6 Å². The van der Waals surface area contributed by atoms with Gasteiger partial charge in [-0.3, -0.25) is 9.59 Å². The van der Waals surface area contributed by atoms with Gasteiger partial charge in [-0.1, -0.05) is 30.3 Å². The maximum absolute atomic E-state index is 11.5. The molecule has 0 radical (unpaired) electrons. The summed E-state index contributed by atoms with van der Waals surface area (Å²) in [5.41, 5.74) is 5.09. The van der Waals surface area contributed by atoms with Crippen molar-refractivity contribution in [3.8, 4) is 16.3 Å². The Labute approximate surface area is 185 Å². The molecule has 0 unspecified atom stereocenters. The normalized spacial score (nSPS) is 15.0. The summed E-state index contributed by atoms with van der Waals surface area (Å²) in [7, 11) is 0. The summed E-state index contributed by atoms with van der Waals surface area (Å²) in [5.74, 6) is 0.249. The van der Waals surface area contributed by atoms with Gasteiger partial charge < -0.3 is 9.84 Å². The van der Waals surface area contributed by atoms with Crippen molar-refractivity contribution in [1.29, 1.82) is 0 Å². The molecule has 1 heterocycles. The van der Waals surface area contributed by atoms with E-state index in [4.69, 9.17) is 14.8 Å². The lowest BCUT2D eigenvalue weighted by Crippen LogP contribution is -2.04. The van der Waals surface area contributed by atoms with Crippen LogP contribution in [0.2, 0.25) is 0 Å². The number of fused-ring (bicyclic) bond motifs is 1. The number of ether oxygens (including phenoxy) is 1. The van der Waals surface area contributed by atoms with E-state index in [1.54, 1.807) is 18.3 Å². The van der Waals surface area contributed by atoms with Gasteiger partial charge in [0.1, 0.15) is 10.8 Å². The number of aryl methyl sites for hydroxylation is 2. The molecule has 2 aromatic carbocycles. The summed E-state index contributed by atoms with van der Waals surface area (Å²) in [6, 6.07) is 13.6. The number of carbonyl (C=O) groups excluding carboxylic acids is 1. The van der Waals surface area contributed by atoms with E-state index in [1.807, 2.05) is 42.5 Å². The van der Waals surface area contributed by atoms with Gasteiger partial charge in [-0.05, 0) is 55.9 Å². The highest BCUT2D eigenvalue weighted by Gasteiger charge is 2.24. The number of carbonyl (C=O) groups is 2. The third-order valence-corrected chi connectivity index (χ3v) is 6.84. The lowest BCUT2D eigenvalue weighted by atomic mass is 9.98. The number of ketones is 1. The van der Waals surface area contributed by atoms with Crippen LogP contribution < -0.4 is 4.74 Å². The molecule has 31 heavy (non-hydrogen) atoms. The van der Waals surface area contributed by atoms with Gasteiger partial charge in [-0.15, -0.1) is 11.3 Å². The molecule has 5 nitrogen and oxygen atoms in total. The van der Waals surface area contributed by atoms with Crippen molar-refractivity contribution in [2.24, 2.45) is 0 Å². The first-order valence-corrected chi connectivity index (χ1v) is 11.3. The molecule has 0 bridgehead atoms. The second-order valence-electron chi connectivity index (χ2n) is 7.95. The quantitative estimate of drug-likeness (QED) is 0.476. The van der Waals surface area contributed by atoms with Crippen LogP contribution in [0, 0.1) is 6.92 Å². The van der Waals surface area contributed by atoms with E-state index in [0.717, 1.165) is 40.4 Å². The second-order valence-corrected chi connectivity index (χ2v) is 9.15. The SMILES string of the molecule is CC(=O)c1ccc(-c2nc(CCOc3ccc4c(c3)CC[C@H]4CC(=O)O)c(C)s2)cc1. The number of aliphatic carboxylic acids is 1. The third kappa shape index (κ3) is 4.85. The molecule has 160 valence electrons. The minimum atomic E-state index is -0.744. The summed E-state index contributed by atoms with van der Waals surface area (Å²) in [6.07, 6.45) is 2.70. The van der Waals surface area contributed by atoms with Gasteiger partial charge in [-0.2, -0.15) is 0 Å². The van der Waals surface area contributed by atoms with Crippen LogP contribution in [0.5, 0.6) is 5.75 Å². The number of carboxylic acids is 1. The first-order chi connectivity index (χ1) is 14.9. The van der Waals surface area contributed by atoms with Crippen LogP contribution in [0.1, 0.15) is 57.7 Å². The molecule has 4 rings (SSSR count). The largest absolute Gasteiger partial charge is 0.493 e. The Morgan fingerprint density at radius 2 is 1.97 bits per heavy atom. The van der Waals surface area contributed by atoms with E-state index >= 15 is 0 Å². The van der Waals surface area contributed by atoms with Crippen LogP contribution in [0.3, 0.4) is 0 Å². The molecule has 0 fully saturated rings. The standard InChI is InChI=1S/C25H25NO4S/c1-15(27)17-3-5-18(6-4-17)25-26-23(16(2)31-25)11-12-30-21-9-10-22-19(13-21)7-8-20(22)14-24(28)29/h3-6,9-10,13,20H,7-8,11-12,14H2,1-2H3,(H,28,29)/t20-/m0/s1. The molecule has 1 aliphatic rings. The number of Topliss-reactive ketones (excluding diaryl/α,β-unsaturated/α-hetero) is 1. The molecule has 0 saturated carbocycles. The van der Waals surface area contributed by atoms with Crippen molar-refractivity contribution < 1.29 is 19.4 Å². The third-order valence-electron chi connectivity index (χ3n) is 5.78. The van der Waals surface area contributed by atoms with Gasteiger partial charge in [0.2, 0.25) is 0 Å². The van der Waals surface area contributed by atoms with Crippen LogP contribution in [0.4, 0.5) is 0 Å². The minimum absolute atomic E-state index is 0.0590. The zero-order valence-electron chi connectivity index (χ0n) is 17.7. The number of rotatable bonds is 8. The van der Waals surface area contributed by atoms with Crippen molar-refractivity contribution in [3.05, 3.63) is 69.7 Å². The smallest absolute Gasteiger partial charge is 0.303 e. The Morgan fingerprint density at radius 3 is 2.68 bits per heavy atom. The number of nitrogens with zero attached hydrogens (tertiary/aromatic N) is 1. The number of hydrogen-bond acceptors (Lipinski definition) is 5. The van der Waals surface area contributed by atoms with E-state index in [2.05, 4.69) is 6.92 Å². The summed E-state index contributed by atoms with van der Waals surface area (Å²) >= 11 is 1.65. The first-order valence-electron chi connectivity index (χ1n) is 10.5. The fourth-order valence-corrected chi connectivity index (χ4v) is 5.06. The average Bonchev–Trinajstić information content (AvgIpc) is 3.31. The Hall–Kier alpha value is -2.99. The number of hydrogen-bond donors (Lipinski definition) is 1. The zero-order valence-corrected chi connectivity index (χ0v) is 18.5. The highest BCUT2D eigenvalue weighted by molar-refractivity contribution is 7.15. The summed E-state index contributed by atoms with van der Waals surface area (Å²) in [6.45, 7) is 4.17. The van der Waals surface area contributed by atoms with Crippen molar-refractivity contribution in [1.82, 2.24) is 4.98 Å². The highest BCUT2D eigenvalue weighted by Crippen LogP contribution is 2.37. The molecule has 1 N–H and O–H groups in total. The van der Waals surface area contributed by atoms with Gasteiger partial charge in [0.15, 0.2) is 5.78 Å². The highest BCUT2D eigenvalue weighted by atomic mass is 32.1. The predicted octanol–water partition coefficient (Wildman–Crippen LogP) is 5.45. The van der Waals surface area contributed by atoms with Crippen molar-refractivity contribution in [3.63, 3.8) is 0 Å². The fraction of sp³-hybridized carbons (Fsp3) is 0.320. The second kappa shape index (κ2) is 9.02. The van der Waals surface area contributed by atoms with Crippen LogP contribution in [0.15, 0.2) is 42.5 Å². The van der Waals surface area contributed by atoms with Gasteiger partial charge in [0.05, 0.1) is 18.7 Å². The summed E-state index contributed by atoms with van der Waals surface area (Å²) in [5, 5.41) is 10.0. The predicted molar refractivity (Wildman–Crippen MR) is 121 cm³/mol. The zero-order chi connectivity index (χ0) is 22.0. The molecular formula is C25H25NO4S. The van der Waals surface area contributed by atoms with E-state index in [-0.39, 0.29) is 18.1 Å².